The second-order valence-electron chi connectivity index (χ2n) is 5.45. The minimum atomic E-state index is 0.411. The van der Waals surface area contributed by atoms with E-state index in [4.69, 9.17) is 33.3 Å². The van der Waals surface area contributed by atoms with E-state index in [0.717, 1.165) is 28.9 Å². The Bertz CT molecular complexity index is 941. The molecule has 0 aliphatic rings. The van der Waals surface area contributed by atoms with E-state index in [0.29, 0.717) is 22.1 Å². The first-order valence-electron chi connectivity index (χ1n) is 7.75. The van der Waals surface area contributed by atoms with Crippen LogP contribution in [0.3, 0.4) is 0 Å². The lowest BCUT2D eigenvalue weighted by Crippen LogP contribution is -2.07. The molecular formula is C18H18ClN3O2S. The zero-order valence-electron chi connectivity index (χ0n) is 13.9. The van der Waals surface area contributed by atoms with Gasteiger partial charge < -0.3 is 19.8 Å². The monoisotopic (exact) mass is 375 g/mol. The average Bonchev–Trinajstić information content (AvgIpc) is 2.62. The molecule has 0 spiro atoms. The lowest BCUT2D eigenvalue weighted by atomic mass is 10.1. The van der Waals surface area contributed by atoms with Crippen LogP contribution in [0.1, 0.15) is 5.56 Å². The molecule has 130 valence electrons. The number of methoxy groups -OCH3 is 2. The maximum atomic E-state index is 5.91. The van der Waals surface area contributed by atoms with Gasteiger partial charge in [-0.3, -0.25) is 0 Å². The highest BCUT2D eigenvalue weighted by molar-refractivity contribution is 7.71. The quantitative estimate of drug-likeness (QED) is 0.616. The number of rotatable bonds is 6. The first-order valence-corrected chi connectivity index (χ1v) is 8.53. The minimum absolute atomic E-state index is 0.411. The highest BCUT2D eigenvalue weighted by Gasteiger charge is 2.10. The van der Waals surface area contributed by atoms with Crippen LogP contribution in [0.2, 0.25) is 5.02 Å². The zero-order valence-corrected chi connectivity index (χ0v) is 15.5. The lowest BCUT2D eigenvalue weighted by Gasteiger charge is -2.12. The van der Waals surface area contributed by atoms with Crippen LogP contribution in [0, 0.1) is 4.77 Å². The first-order chi connectivity index (χ1) is 12.1. The Morgan fingerprint density at radius 3 is 2.48 bits per heavy atom. The number of aromatic amines is 1. The molecule has 3 rings (SSSR count). The summed E-state index contributed by atoms with van der Waals surface area (Å²) in [5, 5.41) is 4.98. The molecule has 25 heavy (non-hydrogen) atoms. The van der Waals surface area contributed by atoms with Gasteiger partial charge in [0.2, 0.25) is 0 Å². The smallest absolute Gasteiger partial charge is 0.199 e. The summed E-state index contributed by atoms with van der Waals surface area (Å²) < 4.78 is 11.1. The number of aromatic nitrogens is 2. The average molecular weight is 376 g/mol. The van der Waals surface area contributed by atoms with Crippen LogP contribution in [0.4, 0.5) is 5.82 Å². The molecule has 0 amide bonds. The molecular weight excluding hydrogens is 358 g/mol. The molecule has 0 fully saturated rings. The third-order valence-corrected chi connectivity index (χ3v) is 4.30. The minimum Gasteiger partial charge on any atom is -0.493 e. The molecule has 0 aliphatic carbocycles. The standard InChI is InChI=1S/C18H18ClN3O2S/c1-23-15-9-13-14(10-16(15)24-2)21-18(25)22-17(13)20-8-7-11-3-5-12(19)6-4-11/h3-6,9-10H,7-8H2,1-2H3,(H2,20,21,22,25). The van der Waals surface area contributed by atoms with Crippen molar-refractivity contribution in [2.75, 3.05) is 26.1 Å². The summed E-state index contributed by atoms with van der Waals surface area (Å²) in [6.45, 7) is 0.719. The third kappa shape index (κ3) is 4.03. The van der Waals surface area contributed by atoms with Gasteiger partial charge in [-0.25, -0.2) is 4.98 Å². The van der Waals surface area contributed by atoms with Crippen molar-refractivity contribution in [3.05, 3.63) is 51.8 Å². The summed E-state index contributed by atoms with van der Waals surface area (Å²) in [6, 6.07) is 11.6. The molecule has 0 atom stereocenters. The second kappa shape index (κ2) is 7.72. The number of hydrogen-bond donors (Lipinski definition) is 2. The van der Waals surface area contributed by atoms with Gasteiger partial charge in [0.25, 0.3) is 0 Å². The van der Waals surface area contributed by atoms with Gasteiger partial charge in [0, 0.05) is 23.0 Å². The molecule has 5 nitrogen and oxygen atoms in total. The number of nitrogens with one attached hydrogen (secondary N) is 2. The number of hydrogen-bond acceptors (Lipinski definition) is 5. The van der Waals surface area contributed by atoms with Gasteiger partial charge in [0.15, 0.2) is 16.3 Å². The molecule has 0 saturated carbocycles. The van der Waals surface area contributed by atoms with E-state index in [1.807, 2.05) is 36.4 Å². The predicted octanol–water partition coefficient (Wildman–Crippen LogP) is 4.62. The summed E-state index contributed by atoms with van der Waals surface area (Å²) in [5.74, 6) is 2.00. The summed E-state index contributed by atoms with van der Waals surface area (Å²) in [7, 11) is 3.21. The van der Waals surface area contributed by atoms with Crippen molar-refractivity contribution in [1.82, 2.24) is 9.97 Å². The van der Waals surface area contributed by atoms with E-state index in [9.17, 15) is 0 Å². The van der Waals surface area contributed by atoms with Crippen LogP contribution in [-0.4, -0.2) is 30.7 Å². The Morgan fingerprint density at radius 2 is 1.80 bits per heavy atom. The van der Waals surface area contributed by atoms with Crippen molar-refractivity contribution in [1.29, 1.82) is 0 Å². The number of ether oxygens (including phenoxy) is 2. The first kappa shape index (κ1) is 17.5. The van der Waals surface area contributed by atoms with Crippen molar-refractivity contribution < 1.29 is 9.47 Å². The van der Waals surface area contributed by atoms with Crippen LogP contribution in [-0.2, 0) is 6.42 Å². The van der Waals surface area contributed by atoms with Crippen LogP contribution in [0.5, 0.6) is 11.5 Å². The zero-order chi connectivity index (χ0) is 17.8. The van der Waals surface area contributed by atoms with Crippen molar-refractivity contribution >= 4 is 40.5 Å². The number of benzene rings is 2. The van der Waals surface area contributed by atoms with Crippen LogP contribution in [0.25, 0.3) is 10.9 Å². The number of anilines is 1. The maximum Gasteiger partial charge on any atom is 0.199 e. The summed E-state index contributed by atoms with van der Waals surface area (Å²) in [5.41, 5.74) is 2.04. The molecule has 0 bridgehead atoms. The number of halogens is 1. The van der Waals surface area contributed by atoms with Crippen molar-refractivity contribution in [2.24, 2.45) is 0 Å². The van der Waals surface area contributed by atoms with Crippen LogP contribution in [0.15, 0.2) is 36.4 Å². The fourth-order valence-corrected chi connectivity index (χ4v) is 2.92. The normalized spacial score (nSPS) is 10.7. The van der Waals surface area contributed by atoms with Crippen LogP contribution >= 0.6 is 23.8 Å². The molecule has 0 radical (unpaired) electrons. The molecule has 1 aromatic heterocycles. The summed E-state index contributed by atoms with van der Waals surface area (Å²) >= 11 is 11.1. The van der Waals surface area contributed by atoms with Gasteiger partial charge in [-0.05, 0) is 42.4 Å². The van der Waals surface area contributed by atoms with Gasteiger partial charge in [-0.2, -0.15) is 0 Å². The molecule has 0 aliphatic heterocycles. The molecule has 7 heteroatoms. The van der Waals surface area contributed by atoms with E-state index in [1.54, 1.807) is 14.2 Å². The highest BCUT2D eigenvalue weighted by atomic mass is 35.5. The fraction of sp³-hybridized carbons (Fsp3) is 0.222. The number of fused-ring (bicyclic) bond motifs is 1. The maximum absolute atomic E-state index is 5.91. The Labute approximate surface area is 156 Å². The lowest BCUT2D eigenvalue weighted by molar-refractivity contribution is 0.356. The SMILES string of the molecule is COc1cc2[nH]c(=S)nc(NCCc3ccc(Cl)cc3)c2cc1OC. The summed E-state index contributed by atoms with van der Waals surface area (Å²) in [6.07, 6.45) is 0.846. The van der Waals surface area contributed by atoms with Gasteiger partial charge in [-0.15, -0.1) is 0 Å². The third-order valence-electron chi connectivity index (χ3n) is 3.85. The highest BCUT2D eigenvalue weighted by Crippen LogP contribution is 2.33. The van der Waals surface area contributed by atoms with E-state index in [-0.39, 0.29) is 0 Å². The fourth-order valence-electron chi connectivity index (χ4n) is 2.59. The van der Waals surface area contributed by atoms with Crippen LogP contribution < -0.4 is 14.8 Å². The van der Waals surface area contributed by atoms with E-state index >= 15 is 0 Å². The van der Waals surface area contributed by atoms with Crippen molar-refractivity contribution in [2.45, 2.75) is 6.42 Å². The second-order valence-corrected chi connectivity index (χ2v) is 6.27. The molecule has 0 saturated heterocycles. The van der Waals surface area contributed by atoms with Gasteiger partial charge in [0.05, 0.1) is 19.7 Å². The van der Waals surface area contributed by atoms with Gasteiger partial charge in [0.1, 0.15) is 5.82 Å². The Hall–Kier alpha value is -2.31. The van der Waals surface area contributed by atoms with Gasteiger partial charge in [-0.1, -0.05) is 23.7 Å². The molecule has 3 aromatic rings. The molecule has 1 heterocycles. The Kier molecular flexibility index (Phi) is 5.40. The molecule has 2 N–H and O–H groups in total. The molecule has 2 aromatic carbocycles. The molecule has 0 unspecified atom stereocenters. The number of nitrogens with zero attached hydrogens (tertiary/aromatic N) is 1. The van der Waals surface area contributed by atoms with E-state index in [1.165, 1.54) is 5.56 Å². The summed E-state index contributed by atoms with van der Waals surface area (Å²) in [4.78, 5) is 7.49. The number of H-pyrrole nitrogens is 1. The van der Waals surface area contributed by atoms with E-state index < -0.39 is 0 Å². The predicted molar refractivity (Wildman–Crippen MR) is 104 cm³/mol. The van der Waals surface area contributed by atoms with E-state index in [2.05, 4.69) is 15.3 Å². The van der Waals surface area contributed by atoms with Gasteiger partial charge >= 0.3 is 0 Å². The topological polar surface area (TPSA) is 59.2 Å². The Balaban J connectivity index is 1.87. The van der Waals surface area contributed by atoms with Crippen molar-refractivity contribution in [3.8, 4) is 11.5 Å². The Morgan fingerprint density at radius 1 is 1.12 bits per heavy atom. The van der Waals surface area contributed by atoms with Crippen molar-refractivity contribution in [3.63, 3.8) is 0 Å². The largest absolute Gasteiger partial charge is 0.493 e.